The summed E-state index contributed by atoms with van der Waals surface area (Å²) in [5.74, 6) is -4.00. The Morgan fingerprint density at radius 1 is 1.24 bits per heavy atom. The average molecular weight is 359 g/mol. The van der Waals surface area contributed by atoms with Crippen molar-refractivity contribution in [3.8, 4) is 0 Å². The largest absolute Gasteiger partial charge is 0.481 e. The van der Waals surface area contributed by atoms with Gasteiger partial charge in [-0.2, -0.15) is 4.98 Å². The molecule has 0 spiro atoms. The van der Waals surface area contributed by atoms with Crippen LogP contribution in [0.1, 0.15) is 31.1 Å². The number of carboxylic acid groups (broad SMARTS) is 2. The van der Waals surface area contributed by atoms with Crippen LogP contribution in [0.5, 0.6) is 0 Å². The van der Waals surface area contributed by atoms with E-state index in [0.717, 1.165) is 6.92 Å². The fourth-order valence-electron chi connectivity index (χ4n) is 1.75. The molecule has 1 rings (SSSR count). The van der Waals surface area contributed by atoms with Gasteiger partial charge in [-0.1, -0.05) is 5.16 Å². The van der Waals surface area contributed by atoms with Crippen molar-refractivity contribution in [1.29, 1.82) is 0 Å². The number of aliphatic hydroxyl groups excluding tert-OH is 1. The van der Waals surface area contributed by atoms with Crippen molar-refractivity contribution in [2.24, 2.45) is 5.73 Å². The number of aliphatic hydroxyl groups is 1. The van der Waals surface area contributed by atoms with Gasteiger partial charge in [0.1, 0.15) is 12.5 Å². The molecule has 0 radical (unpaired) electrons. The first-order valence-corrected chi connectivity index (χ1v) is 6.90. The van der Waals surface area contributed by atoms with E-state index in [1.165, 1.54) is 0 Å². The molecular formula is C12H17N5O8. The summed E-state index contributed by atoms with van der Waals surface area (Å²) >= 11 is 0. The molecular weight excluding hydrogens is 342 g/mol. The lowest BCUT2D eigenvalue weighted by atomic mass is 10.2. The quantitative estimate of drug-likeness (QED) is 0.278. The van der Waals surface area contributed by atoms with Gasteiger partial charge < -0.3 is 36.2 Å². The number of carbonyl (C=O) groups is 4. The van der Waals surface area contributed by atoms with Crippen LogP contribution in [0.15, 0.2) is 4.52 Å². The molecule has 0 aliphatic rings. The van der Waals surface area contributed by atoms with Gasteiger partial charge in [-0.25, -0.2) is 9.59 Å². The Balaban J connectivity index is 2.87. The second kappa shape index (κ2) is 8.58. The summed E-state index contributed by atoms with van der Waals surface area (Å²) in [6, 6.07) is -3.85. The van der Waals surface area contributed by atoms with Crippen LogP contribution >= 0.6 is 0 Å². The van der Waals surface area contributed by atoms with E-state index < -0.39 is 54.9 Å². The number of aliphatic carboxylic acids is 2. The fourth-order valence-corrected chi connectivity index (χ4v) is 1.75. The second-order valence-corrected chi connectivity index (χ2v) is 5.02. The summed E-state index contributed by atoms with van der Waals surface area (Å²) in [6.45, 7) is 1.16. The van der Waals surface area contributed by atoms with E-state index in [9.17, 15) is 24.3 Å². The van der Waals surface area contributed by atoms with Gasteiger partial charge in [0, 0.05) is 0 Å². The molecule has 0 saturated carbocycles. The highest BCUT2D eigenvalue weighted by molar-refractivity contribution is 5.83. The van der Waals surface area contributed by atoms with Crippen molar-refractivity contribution in [1.82, 2.24) is 20.8 Å². The number of nitrogens with one attached hydrogen (secondary N) is 2. The van der Waals surface area contributed by atoms with Crippen molar-refractivity contribution in [3.63, 3.8) is 0 Å². The molecule has 0 saturated heterocycles. The number of carbonyl (C=O) groups excluding carboxylic acids is 2. The number of nitrogens with zero attached hydrogens (tertiary/aromatic N) is 2. The number of hydrogen-bond acceptors (Lipinski definition) is 8. The maximum atomic E-state index is 11.9. The van der Waals surface area contributed by atoms with Gasteiger partial charge in [0.2, 0.25) is 11.8 Å². The molecule has 7 N–H and O–H groups in total. The molecule has 1 aromatic heterocycles. The van der Waals surface area contributed by atoms with Crippen molar-refractivity contribution in [2.45, 2.75) is 38.0 Å². The Bertz CT molecular complexity index is 658. The molecule has 138 valence electrons. The maximum absolute atomic E-state index is 11.9. The number of carboxylic acids is 2. The minimum Gasteiger partial charge on any atom is -0.481 e. The third-order valence-corrected chi connectivity index (χ3v) is 2.84. The third-order valence-electron chi connectivity index (χ3n) is 2.84. The number of urea groups is 1. The molecule has 3 atom stereocenters. The van der Waals surface area contributed by atoms with Crippen molar-refractivity contribution >= 4 is 23.9 Å². The molecule has 0 aliphatic heterocycles. The highest BCUT2D eigenvalue weighted by Gasteiger charge is 2.28. The highest BCUT2D eigenvalue weighted by Crippen LogP contribution is 2.15. The number of primary amides is 1. The van der Waals surface area contributed by atoms with Gasteiger partial charge in [-0.15, -0.1) is 0 Å². The Morgan fingerprint density at radius 3 is 2.36 bits per heavy atom. The lowest BCUT2D eigenvalue weighted by Gasteiger charge is -2.19. The summed E-state index contributed by atoms with van der Waals surface area (Å²) < 4.78 is 4.79. The number of aromatic nitrogens is 2. The van der Waals surface area contributed by atoms with Crippen LogP contribution in [0.4, 0.5) is 4.79 Å². The lowest BCUT2D eigenvalue weighted by Crippen LogP contribution is -2.52. The van der Waals surface area contributed by atoms with Crippen LogP contribution < -0.4 is 16.4 Å². The van der Waals surface area contributed by atoms with E-state index in [1.54, 1.807) is 0 Å². The van der Waals surface area contributed by atoms with Gasteiger partial charge in [-0.05, 0) is 6.92 Å². The first kappa shape index (κ1) is 19.8. The first-order chi connectivity index (χ1) is 11.6. The molecule has 13 nitrogen and oxygen atoms in total. The predicted octanol–water partition coefficient (Wildman–Crippen LogP) is -2.25. The summed E-state index contributed by atoms with van der Waals surface area (Å²) in [5, 5.41) is 34.5. The van der Waals surface area contributed by atoms with Crippen LogP contribution in [-0.2, 0) is 20.8 Å². The number of hydrogen-bond donors (Lipinski definition) is 6. The molecule has 3 amide bonds. The van der Waals surface area contributed by atoms with Crippen LogP contribution in [0.2, 0.25) is 0 Å². The smallest absolute Gasteiger partial charge is 0.328 e. The predicted molar refractivity (Wildman–Crippen MR) is 77.0 cm³/mol. The van der Waals surface area contributed by atoms with Crippen molar-refractivity contribution < 1.29 is 39.0 Å². The Labute approximate surface area is 140 Å². The SMILES string of the molecule is CC(O)[C@H](NC(=O)N[C@@H](CC(N)=O)c1nc(CC(=O)O)no1)C(=O)O. The maximum Gasteiger partial charge on any atom is 0.328 e. The number of nitrogens with two attached hydrogens (primary N) is 1. The number of amides is 3. The average Bonchev–Trinajstić information content (AvgIpc) is 2.90. The molecule has 25 heavy (non-hydrogen) atoms. The van der Waals surface area contributed by atoms with Gasteiger partial charge in [0.15, 0.2) is 11.9 Å². The minimum absolute atomic E-state index is 0.188. The Kier molecular flexibility index (Phi) is 6.81. The topological polar surface area (TPSA) is 218 Å². The highest BCUT2D eigenvalue weighted by atomic mass is 16.5. The molecule has 0 bridgehead atoms. The molecule has 1 aromatic rings. The summed E-state index contributed by atoms with van der Waals surface area (Å²) in [5.41, 5.74) is 5.06. The summed E-state index contributed by atoms with van der Waals surface area (Å²) in [4.78, 5) is 48.3. The van der Waals surface area contributed by atoms with E-state index in [-0.39, 0.29) is 11.7 Å². The van der Waals surface area contributed by atoms with E-state index in [0.29, 0.717) is 0 Å². The summed E-state index contributed by atoms with van der Waals surface area (Å²) in [7, 11) is 0. The zero-order chi connectivity index (χ0) is 19.1. The van der Waals surface area contributed by atoms with Crippen molar-refractivity contribution in [3.05, 3.63) is 11.7 Å². The number of rotatable bonds is 9. The zero-order valence-electron chi connectivity index (χ0n) is 13.0. The third kappa shape index (κ3) is 6.42. The van der Waals surface area contributed by atoms with Crippen LogP contribution in [0, 0.1) is 0 Å². The van der Waals surface area contributed by atoms with E-state index in [1.807, 2.05) is 5.32 Å². The molecule has 13 heteroatoms. The molecule has 0 fully saturated rings. The monoisotopic (exact) mass is 359 g/mol. The molecule has 0 aromatic carbocycles. The van der Waals surface area contributed by atoms with Crippen molar-refractivity contribution in [2.75, 3.05) is 0 Å². The lowest BCUT2D eigenvalue weighted by molar-refractivity contribution is -0.142. The second-order valence-electron chi connectivity index (χ2n) is 5.02. The Hall–Kier alpha value is -3.22. The molecule has 1 unspecified atom stereocenters. The van der Waals surface area contributed by atoms with Gasteiger partial charge in [-0.3, -0.25) is 9.59 Å². The first-order valence-electron chi connectivity index (χ1n) is 6.90. The van der Waals surface area contributed by atoms with Crippen LogP contribution in [-0.4, -0.2) is 61.5 Å². The van der Waals surface area contributed by atoms with E-state index in [4.69, 9.17) is 20.5 Å². The minimum atomic E-state index is -1.60. The van der Waals surface area contributed by atoms with Gasteiger partial charge in [0.05, 0.1) is 12.5 Å². The Morgan fingerprint density at radius 2 is 1.88 bits per heavy atom. The zero-order valence-corrected chi connectivity index (χ0v) is 13.0. The standard InChI is InChI=1S/C12H17N5O8/c1-4(18)9(11(22)23)16-12(24)14-5(2-6(13)19)10-15-7(17-25-10)3-8(20)21/h4-5,9,18H,2-3H2,1H3,(H2,13,19)(H,20,21)(H,22,23)(H2,14,16,24)/t4?,5-,9-/m0/s1. The van der Waals surface area contributed by atoms with Crippen LogP contribution in [0.25, 0.3) is 0 Å². The molecule has 0 aliphatic carbocycles. The van der Waals surface area contributed by atoms with E-state index in [2.05, 4.69) is 15.5 Å². The van der Waals surface area contributed by atoms with E-state index >= 15 is 0 Å². The summed E-state index contributed by atoms with van der Waals surface area (Å²) in [6.07, 6.45) is -2.39. The van der Waals surface area contributed by atoms with Gasteiger partial charge >= 0.3 is 18.0 Å². The van der Waals surface area contributed by atoms with Gasteiger partial charge in [0.25, 0.3) is 0 Å². The molecule has 1 heterocycles. The normalized spacial score (nSPS) is 14.2. The fraction of sp³-hybridized carbons (Fsp3) is 0.500. The van der Waals surface area contributed by atoms with Crippen LogP contribution in [0.3, 0.4) is 0 Å².